The molecule has 0 aliphatic rings. The van der Waals surface area contributed by atoms with Gasteiger partial charge in [0.25, 0.3) is 5.56 Å². The van der Waals surface area contributed by atoms with Crippen LogP contribution in [0.4, 0.5) is 18.9 Å². The minimum atomic E-state index is -4.56. The second kappa shape index (κ2) is 6.98. The highest BCUT2D eigenvalue weighted by Crippen LogP contribution is 2.28. The second-order valence-corrected chi connectivity index (χ2v) is 6.90. The van der Waals surface area contributed by atoms with Gasteiger partial charge < -0.3 is 5.32 Å². The number of pyridine rings is 1. The molecule has 0 spiro atoms. The van der Waals surface area contributed by atoms with Crippen molar-refractivity contribution in [3.63, 3.8) is 0 Å². The number of hydrogen-bond donors (Lipinski definition) is 2. The highest BCUT2D eigenvalue weighted by atomic mass is 35.5. The molecule has 2 aromatic rings. The number of nitrogens with zero attached hydrogens (tertiary/aromatic N) is 3. The van der Waals surface area contributed by atoms with Gasteiger partial charge in [-0.25, -0.2) is 18.5 Å². The van der Waals surface area contributed by atoms with Gasteiger partial charge in [-0.05, 0) is 12.1 Å². The first-order chi connectivity index (χ1) is 11.5. The van der Waals surface area contributed by atoms with Crippen LogP contribution in [-0.4, -0.2) is 35.5 Å². The maximum absolute atomic E-state index is 12.5. The quantitative estimate of drug-likeness (QED) is 0.776. The molecule has 2 rings (SSSR count). The number of halogens is 4. The highest BCUT2D eigenvalue weighted by Gasteiger charge is 2.30. The van der Waals surface area contributed by atoms with Gasteiger partial charge >= 0.3 is 6.18 Å². The molecule has 136 valence electrons. The molecular weight excluding hydrogens is 387 g/mol. The summed E-state index contributed by atoms with van der Waals surface area (Å²) in [5.74, 6) is -0.552. The van der Waals surface area contributed by atoms with Gasteiger partial charge in [0.1, 0.15) is 5.02 Å². The van der Waals surface area contributed by atoms with Crippen LogP contribution in [0.5, 0.6) is 0 Å². The average molecular weight is 398 g/mol. The van der Waals surface area contributed by atoms with Crippen molar-refractivity contribution < 1.29 is 21.6 Å². The molecule has 2 aromatic heterocycles. The van der Waals surface area contributed by atoms with E-state index in [2.05, 4.69) is 15.4 Å². The first kappa shape index (κ1) is 19.1. The van der Waals surface area contributed by atoms with E-state index in [4.69, 9.17) is 16.7 Å². The maximum atomic E-state index is 12.5. The van der Waals surface area contributed by atoms with Gasteiger partial charge in [0.2, 0.25) is 10.0 Å². The Balaban J connectivity index is 2.26. The van der Waals surface area contributed by atoms with E-state index in [1.807, 2.05) is 0 Å². The van der Waals surface area contributed by atoms with Crippen LogP contribution in [-0.2, 0) is 16.2 Å². The molecule has 0 bridgehead atoms. The van der Waals surface area contributed by atoms with Gasteiger partial charge in [-0.1, -0.05) is 11.6 Å². The molecule has 8 nitrogen and oxygen atoms in total. The predicted octanol–water partition coefficient (Wildman–Crippen LogP) is 1.00. The maximum Gasteiger partial charge on any atom is 0.417 e. The Bertz CT molecular complexity index is 928. The molecule has 0 fully saturated rings. The summed E-state index contributed by atoms with van der Waals surface area (Å²) in [6.45, 7) is -0.109. The normalized spacial score (nSPS) is 12.2. The third kappa shape index (κ3) is 4.90. The Labute approximate surface area is 144 Å². The van der Waals surface area contributed by atoms with E-state index in [1.54, 1.807) is 0 Å². The molecule has 0 amide bonds. The summed E-state index contributed by atoms with van der Waals surface area (Å²) < 4.78 is 60.0. The number of primary sulfonamides is 1. The van der Waals surface area contributed by atoms with Crippen molar-refractivity contribution in [2.24, 2.45) is 5.14 Å². The van der Waals surface area contributed by atoms with E-state index in [1.165, 1.54) is 0 Å². The Kier molecular flexibility index (Phi) is 5.34. The fourth-order valence-electron chi connectivity index (χ4n) is 1.73. The molecule has 0 unspecified atom stereocenters. The van der Waals surface area contributed by atoms with Crippen molar-refractivity contribution >= 4 is 27.3 Å². The summed E-state index contributed by atoms with van der Waals surface area (Å²) in [4.78, 5) is 15.7. The van der Waals surface area contributed by atoms with Crippen LogP contribution in [0.2, 0.25) is 5.02 Å². The van der Waals surface area contributed by atoms with Gasteiger partial charge in [-0.2, -0.15) is 23.0 Å². The molecular formula is C12H11ClF3N5O3S. The van der Waals surface area contributed by atoms with E-state index in [0.29, 0.717) is 10.9 Å². The first-order valence-electron chi connectivity index (χ1n) is 6.55. The summed E-state index contributed by atoms with van der Waals surface area (Å²) in [5, 5.41) is 10.8. The summed E-state index contributed by atoms with van der Waals surface area (Å²) in [6.07, 6.45) is -2.87. The third-order valence-corrected chi connectivity index (χ3v) is 4.05. The molecule has 2 heterocycles. The molecule has 0 aliphatic carbocycles. The van der Waals surface area contributed by atoms with Crippen molar-refractivity contribution in [2.45, 2.75) is 6.18 Å². The minimum Gasteiger partial charge on any atom is -0.381 e. The Hall–Kier alpha value is -2.18. The summed E-state index contributed by atoms with van der Waals surface area (Å²) in [6, 6.07) is 1.73. The van der Waals surface area contributed by atoms with E-state index in [-0.39, 0.29) is 23.1 Å². The smallest absolute Gasteiger partial charge is 0.381 e. The van der Waals surface area contributed by atoms with Gasteiger partial charge in [-0.3, -0.25) is 4.79 Å². The monoisotopic (exact) mass is 397 g/mol. The zero-order valence-electron chi connectivity index (χ0n) is 12.3. The zero-order valence-corrected chi connectivity index (χ0v) is 13.9. The van der Waals surface area contributed by atoms with E-state index < -0.39 is 33.1 Å². The fourth-order valence-corrected chi connectivity index (χ4v) is 2.31. The van der Waals surface area contributed by atoms with Crippen molar-refractivity contribution in [3.05, 3.63) is 45.5 Å². The van der Waals surface area contributed by atoms with Crippen LogP contribution in [0, 0.1) is 0 Å². The van der Waals surface area contributed by atoms with Crippen LogP contribution in [0.25, 0.3) is 5.82 Å². The number of nitrogens with one attached hydrogen (secondary N) is 1. The summed E-state index contributed by atoms with van der Waals surface area (Å²) in [7, 11) is -3.70. The SMILES string of the molecule is NS(=O)(=O)CCNc1cnn(-c2ccc(C(F)(F)F)cn2)c(=O)c1Cl. The first-order valence-corrected chi connectivity index (χ1v) is 8.64. The minimum absolute atomic E-state index is 0.0541. The van der Waals surface area contributed by atoms with Crippen molar-refractivity contribution in [2.75, 3.05) is 17.6 Å². The topological polar surface area (TPSA) is 120 Å². The largest absolute Gasteiger partial charge is 0.417 e. The fraction of sp³-hybridized carbons (Fsp3) is 0.250. The number of rotatable bonds is 5. The van der Waals surface area contributed by atoms with E-state index >= 15 is 0 Å². The number of anilines is 1. The lowest BCUT2D eigenvalue weighted by atomic mass is 10.3. The van der Waals surface area contributed by atoms with E-state index in [0.717, 1.165) is 18.3 Å². The number of alkyl halides is 3. The lowest BCUT2D eigenvalue weighted by Crippen LogP contribution is -2.26. The van der Waals surface area contributed by atoms with Gasteiger partial charge in [0.15, 0.2) is 5.82 Å². The number of sulfonamides is 1. The number of hydrogen-bond acceptors (Lipinski definition) is 6. The predicted molar refractivity (Wildman–Crippen MR) is 84.1 cm³/mol. The van der Waals surface area contributed by atoms with Gasteiger partial charge in [-0.15, -0.1) is 0 Å². The molecule has 13 heteroatoms. The van der Waals surface area contributed by atoms with Gasteiger partial charge in [0.05, 0.1) is 23.2 Å². The Morgan fingerprint density at radius 1 is 1.28 bits per heavy atom. The summed E-state index contributed by atoms with van der Waals surface area (Å²) in [5.41, 5.74) is -1.76. The average Bonchev–Trinajstić information content (AvgIpc) is 2.50. The molecule has 0 aliphatic heterocycles. The van der Waals surface area contributed by atoms with Crippen molar-refractivity contribution in [1.82, 2.24) is 14.8 Å². The third-order valence-electron chi connectivity index (χ3n) is 2.91. The van der Waals surface area contributed by atoms with Crippen LogP contribution < -0.4 is 16.0 Å². The molecule has 25 heavy (non-hydrogen) atoms. The van der Waals surface area contributed by atoms with Crippen molar-refractivity contribution in [1.29, 1.82) is 0 Å². The van der Waals surface area contributed by atoms with Crippen LogP contribution in [0.15, 0.2) is 29.3 Å². The lowest BCUT2D eigenvalue weighted by Gasteiger charge is -2.10. The number of nitrogens with two attached hydrogens (primary N) is 1. The van der Waals surface area contributed by atoms with Crippen LogP contribution in [0.3, 0.4) is 0 Å². The Morgan fingerprint density at radius 2 is 1.96 bits per heavy atom. The molecule has 0 radical (unpaired) electrons. The zero-order chi connectivity index (χ0) is 18.8. The molecule has 0 saturated heterocycles. The van der Waals surface area contributed by atoms with Gasteiger partial charge in [0, 0.05) is 12.7 Å². The molecule has 0 aromatic carbocycles. The highest BCUT2D eigenvalue weighted by molar-refractivity contribution is 7.89. The standard InChI is InChI=1S/C12H11ClF3N5O3S/c13-10-8(18-3-4-25(17,23)24)6-20-21(11(10)22)9-2-1-7(5-19-9)12(14,15)16/h1-2,5-6,18H,3-4H2,(H2,17,23,24). The van der Waals surface area contributed by atoms with Crippen LogP contribution >= 0.6 is 11.6 Å². The number of aromatic nitrogens is 3. The summed E-state index contributed by atoms with van der Waals surface area (Å²) >= 11 is 5.88. The van der Waals surface area contributed by atoms with Crippen molar-refractivity contribution in [3.8, 4) is 5.82 Å². The van der Waals surface area contributed by atoms with Crippen LogP contribution in [0.1, 0.15) is 5.56 Å². The molecule has 0 atom stereocenters. The van der Waals surface area contributed by atoms with E-state index in [9.17, 15) is 26.4 Å². The Morgan fingerprint density at radius 3 is 2.48 bits per heavy atom. The second-order valence-electron chi connectivity index (χ2n) is 4.79. The lowest BCUT2D eigenvalue weighted by molar-refractivity contribution is -0.137. The molecule has 0 saturated carbocycles. The molecule has 3 N–H and O–H groups in total.